The summed E-state index contributed by atoms with van der Waals surface area (Å²) in [5, 5.41) is 2.95. The first-order valence-electron chi connectivity index (χ1n) is 8.19. The topological polar surface area (TPSA) is 79.4 Å². The summed E-state index contributed by atoms with van der Waals surface area (Å²) in [5.41, 5.74) is 2.57. The van der Waals surface area contributed by atoms with Crippen LogP contribution in [0, 0.1) is 0 Å². The van der Waals surface area contributed by atoms with Crippen LogP contribution in [-0.2, 0) is 27.7 Å². The maximum absolute atomic E-state index is 12.4. The maximum Gasteiger partial charge on any atom is 0.244 e. The molecule has 1 amide bonds. The third-order valence-corrected chi connectivity index (χ3v) is 6.21. The molecule has 2 aromatic rings. The lowest BCUT2D eigenvalue weighted by Gasteiger charge is -2.26. The van der Waals surface area contributed by atoms with Crippen LogP contribution >= 0.6 is 0 Å². The number of nitrogens with zero attached hydrogens (tertiary/aromatic N) is 2. The Hall–Kier alpha value is -2.25. The molecule has 1 aromatic heterocycles. The molecule has 1 aliphatic rings. The zero-order valence-electron chi connectivity index (χ0n) is 14.1. The Balaban J connectivity index is 1.60. The summed E-state index contributed by atoms with van der Waals surface area (Å²) in [6, 6.07) is 11.3. The summed E-state index contributed by atoms with van der Waals surface area (Å²) in [6.07, 6.45) is 5.35. The maximum atomic E-state index is 12.4. The lowest BCUT2D eigenvalue weighted by atomic mass is 9.88. The molecule has 7 heteroatoms. The number of hydrogen-bond acceptors (Lipinski definition) is 4. The van der Waals surface area contributed by atoms with Gasteiger partial charge in [-0.1, -0.05) is 24.3 Å². The predicted octanol–water partition coefficient (Wildman–Crippen LogP) is 1.38. The van der Waals surface area contributed by atoms with Crippen molar-refractivity contribution in [3.05, 3.63) is 59.9 Å². The van der Waals surface area contributed by atoms with Crippen LogP contribution in [-0.4, -0.2) is 43.2 Å². The zero-order chi connectivity index (χ0) is 17.9. The van der Waals surface area contributed by atoms with E-state index in [1.54, 1.807) is 6.07 Å². The fraction of sp³-hybridized carbons (Fsp3) is 0.333. The van der Waals surface area contributed by atoms with Crippen molar-refractivity contribution in [1.82, 2.24) is 14.6 Å². The Kier molecular flexibility index (Phi) is 5.15. The minimum absolute atomic E-state index is 0.0388. The van der Waals surface area contributed by atoms with Gasteiger partial charge in [0.15, 0.2) is 0 Å². The fourth-order valence-corrected chi connectivity index (χ4v) is 4.15. The van der Waals surface area contributed by atoms with Crippen LogP contribution in [0.2, 0.25) is 0 Å². The van der Waals surface area contributed by atoms with E-state index in [0.29, 0.717) is 0 Å². The molecule has 1 atom stereocenters. The summed E-state index contributed by atoms with van der Waals surface area (Å²) >= 11 is 0. The lowest BCUT2D eigenvalue weighted by molar-refractivity contribution is -0.121. The molecule has 0 radical (unpaired) electrons. The number of rotatable bonds is 5. The molecule has 0 saturated heterocycles. The molecule has 25 heavy (non-hydrogen) atoms. The first-order chi connectivity index (χ1) is 12.0. The quantitative estimate of drug-likeness (QED) is 0.875. The smallest absolute Gasteiger partial charge is 0.244 e. The number of aryl methyl sites for hydroxylation is 1. The van der Waals surface area contributed by atoms with Gasteiger partial charge in [-0.15, -0.1) is 0 Å². The van der Waals surface area contributed by atoms with E-state index in [1.165, 1.54) is 36.6 Å². The number of likely N-dealkylation sites (N-methyl/N-ethyl adjacent to an activating group) is 1. The highest BCUT2D eigenvalue weighted by Crippen LogP contribution is 2.21. The van der Waals surface area contributed by atoms with Gasteiger partial charge in [-0.3, -0.25) is 9.78 Å². The minimum atomic E-state index is -3.71. The molecule has 1 unspecified atom stereocenters. The van der Waals surface area contributed by atoms with Crippen LogP contribution in [0.3, 0.4) is 0 Å². The van der Waals surface area contributed by atoms with Gasteiger partial charge in [-0.05, 0) is 42.5 Å². The molecule has 0 fully saturated rings. The van der Waals surface area contributed by atoms with Crippen LogP contribution in [0.15, 0.2) is 53.7 Å². The van der Waals surface area contributed by atoms with Crippen LogP contribution in [0.5, 0.6) is 0 Å². The van der Waals surface area contributed by atoms with Crippen molar-refractivity contribution in [1.29, 1.82) is 0 Å². The first-order valence-corrected chi connectivity index (χ1v) is 9.63. The monoisotopic (exact) mass is 359 g/mol. The third kappa shape index (κ3) is 4.05. The van der Waals surface area contributed by atoms with E-state index in [0.717, 1.165) is 23.6 Å². The van der Waals surface area contributed by atoms with Gasteiger partial charge in [0.05, 0.1) is 6.54 Å². The summed E-state index contributed by atoms with van der Waals surface area (Å²) in [7, 11) is -2.31. The molecule has 3 rings (SSSR count). The highest BCUT2D eigenvalue weighted by Gasteiger charge is 2.25. The van der Waals surface area contributed by atoms with E-state index < -0.39 is 10.0 Å². The molecule has 0 spiro atoms. The molecule has 6 nitrogen and oxygen atoms in total. The van der Waals surface area contributed by atoms with Gasteiger partial charge in [-0.2, -0.15) is 4.31 Å². The Morgan fingerprint density at radius 3 is 2.72 bits per heavy atom. The number of carbonyl (C=O) groups excluding carboxylic acids is 1. The highest BCUT2D eigenvalue weighted by molar-refractivity contribution is 7.89. The Morgan fingerprint density at radius 2 is 2.00 bits per heavy atom. The summed E-state index contributed by atoms with van der Waals surface area (Å²) in [5.74, 6) is -0.292. The van der Waals surface area contributed by atoms with Crippen LogP contribution in [0.25, 0.3) is 0 Å². The molecular weight excluding hydrogens is 338 g/mol. The van der Waals surface area contributed by atoms with Crippen molar-refractivity contribution in [3.63, 3.8) is 0 Å². The van der Waals surface area contributed by atoms with Crippen molar-refractivity contribution in [2.45, 2.75) is 30.2 Å². The minimum Gasteiger partial charge on any atom is -0.352 e. The number of nitrogens with one attached hydrogen (secondary N) is 1. The third-order valence-electron chi connectivity index (χ3n) is 4.42. The number of hydrogen-bond donors (Lipinski definition) is 1. The van der Waals surface area contributed by atoms with Crippen molar-refractivity contribution in [2.75, 3.05) is 13.6 Å². The second-order valence-corrected chi connectivity index (χ2v) is 8.27. The largest absolute Gasteiger partial charge is 0.352 e. The van der Waals surface area contributed by atoms with Crippen molar-refractivity contribution in [2.24, 2.45) is 0 Å². The standard InChI is InChI=1S/C18H21N3O3S/c1-21(25(23,24)17-7-4-10-19-12-17)13-18(22)20-16-9-8-14-5-2-3-6-15(14)11-16/h2-7,10,12,16H,8-9,11,13H2,1H3,(H,20,22). The number of carbonyl (C=O) groups is 1. The summed E-state index contributed by atoms with van der Waals surface area (Å²) < 4.78 is 25.9. The number of pyridine rings is 1. The fourth-order valence-electron chi connectivity index (χ4n) is 3.06. The Morgan fingerprint density at radius 1 is 1.24 bits per heavy atom. The molecule has 0 saturated carbocycles. The van der Waals surface area contributed by atoms with Gasteiger partial charge in [0.25, 0.3) is 0 Å². The van der Waals surface area contributed by atoms with Gasteiger partial charge in [0.1, 0.15) is 4.90 Å². The second kappa shape index (κ2) is 7.33. The SMILES string of the molecule is CN(CC(=O)NC1CCc2ccccc2C1)S(=O)(=O)c1cccnc1. The molecule has 1 aliphatic carbocycles. The normalized spacial score (nSPS) is 17.1. The first kappa shape index (κ1) is 17.6. The molecule has 1 N–H and O–H groups in total. The van der Waals surface area contributed by atoms with Crippen molar-refractivity contribution in [3.8, 4) is 0 Å². The van der Waals surface area contributed by atoms with Gasteiger partial charge in [0.2, 0.25) is 15.9 Å². The average Bonchev–Trinajstić information content (AvgIpc) is 2.62. The second-order valence-electron chi connectivity index (χ2n) is 6.23. The van der Waals surface area contributed by atoms with E-state index >= 15 is 0 Å². The molecule has 1 aromatic carbocycles. The zero-order valence-corrected chi connectivity index (χ0v) is 14.9. The van der Waals surface area contributed by atoms with Gasteiger partial charge in [-0.25, -0.2) is 8.42 Å². The summed E-state index contributed by atoms with van der Waals surface area (Å²) in [4.78, 5) is 16.2. The van der Waals surface area contributed by atoms with E-state index in [-0.39, 0.29) is 23.4 Å². The van der Waals surface area contributed by atoms with Gasteiger partial charge < -0.3 is 5.32 Å². The average molecular weight is 359 g/mol. The van der Waals surface area contributed by atoms with E-state index in [4.69, 9.17) is 0 Å². The van der Waals surface area contributed by atoms with Gasteiger partial charge in [0, 0.05) is 25.5 Å². The van der Waals surface area contributed by atoms with E-state index in [9.17, 15) is 13.2 Å². The van der Waals surface area contributed by atoms with E-state index in [2.05, 4.69) is 22.4 Å². The summed E-state index contributed by atoms with van der Waals surface area (Å²) in [6.45, 7) is -0.213. The molecule has 1 heterocycles. The Bertz CT molecular complexity index is 853. The van der Waals surface area contributed by atoms with Crippen molar-refractivity contribution >= 4 is 15.9 Å². The van der Waals surface area contributed by atoms with Gasteiger partial charge >= 0.3 is 0 Å². The van der Waals surface area contributed by atoms with Crippen LogP contribution in [0.4, 0.5) is 0 Å². The van der Waals surface area contributed by atoms with Crippen LogP contribution in [0.1, 0.15) is 17.5 Å². The number of aromatic nitrogens is 1. The molecule has 132 valence electrons. The number of fused-ring (bicyclic) bond motifs is 1. The number of amides is 1. The number of sulfonamides is 1. The molecule has 0 bridgehead atoms. The highest BCUT2D eigenvalue weighted by atomic mass is 32.2. The molecular formula is C18H21N3O3S. The van der Waals surface area contributed by atoms with Crippen LogP contribution < -0.4 is 5.32 Å². The lowest BCUT2D eigenvalue weighted by Crippen LogP contribution is -2.44. The van der Waals surface area contributed by atoms with Crippen molar-refractivity contribution < 1.29 is 13.2 Å². The molecule has 0 aliphatic heterocycles. The number of benzene rings is 1. The van der Waals surface area contributed by atoms with E-state index in [1.807, 2.05) is 12.1 Å². The Labute approximate surface area is 147 Å². The predicted molar refractivity (Wildman–Crippen MR) is 94.5 cm³/mol.